The van der Waals surface area contributed by atoms with Gasteiger partial charge in [-0.1, -0.05) is 82.3 Å². The van der Waals surface area contributed by atoms with Gasteiger partial charge in [-0.3, -0.25) is 14.4 Å². The van der Waals surface area contributed by atoms with Crippen LogP contribution in [-0.2, 0) is 25.7 Å². The van der Waals surface area contributed by atoms with Crippen molar-refractivity contribution in [1.29, 1.82) is 0 Å². The number of fused-ring (bicyclic) bond motifs is 2. The van der Waals surface area contributed by atoms with Crippen molar-refractivity contribution >= 4 is 35.6 Å². The summed E-state index contributed by atoms with van der Waals surface area (Å²) < 4.78 is 5.78. The van der Waals surface area contributed by atoms with Crippen molar-refractivity contribution in [3.05, 3.63) is 65.2 Å². The van der Waals surface area contributed by atoms with Gasteiger partial charge in [0.05, 0.1) is 31.9 Å². The number of carbonyl (C=O) groups is 3. The van der Waals surface area contributed by atoms with Gasteiger partial charge in [0.1, 0.15) is 0 Å². The summed E-state index contributed by atoms with van der Waals surface area (Å²) in [7, 11) is 0. The summed E-state index contributed by atoms with van der Waals surface area (Å²) in [5.74, 6) is -1.14. The first-order valence-corrected chi connectivity index (χ1v) is 12.7. The van der Waals surface area contributed by atoms with E-state index in [0.717, 1.165) is 22.4 Å². The van der Waals surface area contributed by atoms with Crippen molar-refractivity contribution in [2.75, 3.05) is 24.7 Å². The molecule has 1 heterocycles. The van der Waals surface area contributed by atoms with Crippen LogP contribution in [-0.4, -0.2) is 42.6 Å². The van der Waals surface area contributed by atoms with Crippen molar-refractivity contribution in [3.8, 4) is 0 Å². The van der Waals surface area contributed by atoms with E-state index in [1.165, 1.54) is 0 Å². The number of amides is 2. The molecule has 0 aromatic heterocycles. The Kier molecular flexibility index (Phi) is 9.27. The molecule has 7 heteroatoms. The van der Waals surface area contributed by atoms with Gasteiger partial charge >= 0.3 is 5.97 Å². The number of nitrogens with zero attached hydrogens (tertiary/aromatic N) is 1. The van der Waals surface area contributed by atoms with Crippen LogP contribution < -0.4 is 10.2 Å². The molecule has 3 rings (SSSR count). The number of nitrogens with one attached hydrogen (secondary N) is 1. The first-order valence-electron chi connectivity index (χ1n) is 12.7. The molecular formula is C30H38N2O5. The smallest absolute Gasteiger partial charge is 0.303 e. The highest BCUT2D eigenvalue weighted by atomic mass is 16.5. The van der Waals surface area contributed by atoms with Crippen LogP contribution in [0, 0.1) is 10.8 Å². The van der Waals surface area contributed by atoms with Crippen LogP contribution in [0.1, 0.15) is 63.6 Å². The summed E-state index contributed by atoms with van der Waals surface area (Å²) in [6.07, 6.45) is 4.32. The van der Waals surface area contributed by atoms with E-state index in [9.17, 15) is 14.4 Å². The summed E-state index contributed by atoms with van der Waals surface area (Å²) >= 11 is 0. The molecule has 0 saturated carbocycles. The average Bonchev–Trinajstić information content (AvgIpc) is 2.81. The number of aliphatic carboxylic acids is 1. The van der Waals surface area contributed by atoms with Gasteiger partial charge in [0.25, 0.3) is 0 Å². The SMILES string of the molecule is CC(C)(CNC(=O)CCC(=O)N1Cc2ccccc2/C=C\c2ccccc21)COCC(C)(C)CC(=O)O. The molecule has 2 aromatic rings. The van der Waals surface area contributed by atoms with Crippen molar-refractivity contribution in [1.82, 2.24) is 5.32 Å². The van der Waals surface area contributed by atoms with Crippen LogP contribution in [0.5, 0.6) is 0 Å². The van der Waals surface area contributed by atoms with Crippen LogP contribution in [0.4, 0.5) is 5.69 Å². The molecule has 0 radical (unpaired) electrons. The molecule has 2 amide bonds. The predicted octanol–water partition coefficient (Wildman–Crippen LogP) is 5.14. The number of ether oxygens (including phenoxy) is 1. The van der Waals surface area contributed by atoms with Gasteiger partial charge in [-0.2, -0.15) is 0 Å². The van der Waals surface area contributed by atoms with E-state index in [-0.39, 0.29) is 36.5 Å². The average molecular weight is 507 g/mol. The summed E-state index contributed by atoms with van der Waals surface area (Å²) in [4.78, 5) is 38.7. The maximum absolute atomic E-state index is 13.3. The number of anilines is 1. The lowest BCUT2D eigenvalue weighted by atomic mass is 9.90. The molecule has 2 aromatic carbocycles. The normalized spacial score (nSPS) is 14.1. The minimum Gasteiger partial charge on any atom is -0.481 e. The highest BCUT2D eigenvalue weighted by Crippen LogP contribution is 2.29. The van der Waals surface area contributed by atoms with E-state index in [2.05, 4.69) is 11.4 Å². The van der Waals surface area contributed by atoms with Crippen LogP contribution in [0.2, 0.25) is 0 Å². The monoisotopic (exact) mass is 506 g/mol. The largest absolute Gasteiger partial charge is 0.481 e. The van der Waals surface area contributed by atoms with E-state index in [4.69, 9.17) is 9.84 Å². The maximum atomic E-state index is 13.3. The fourth-order valence-corrected chi connectivity index (χ4v) is 4.27. The minimum atomic E-state index is -0.852. The van der Waals surface area contributed by atoms with E-state index < -0.39 is 11.4 Å². The number of hydrogen-bond acceptors (Lipinski definition) is 4. The lowest BCUT2D eigenvalue weighted by molar-refractivity contribution is -0.140. The zero-order valence-electron chi connectivity index (χ0n) is 22.3. The second-order valence-corrected chi connectivity index (χ2v) is 11.2. The second kappa shape index (κ2) is 12.2. The Labute approximate surface area is 219 Å². The van der Waals surface area contributed by atoms with Crippen molar-refractivity contribution in [2.45, 2.75) is 53.5 Å². The number of carboxylic acids is 1. The third-order valence-corrected chi connectivity index (χ3v) is 6.30. The number of carbonyl (C=O) groups excluding carboxylic acids is 2. The molecule has 1 aliphatic heterocycles. The number of benzene rings is 2. The van der Waals surface area contributed by atoms with Crippen LogP contribution in [0.3, 0.4) is 0 Å². The number of hydrogen-bond donors (Lipinski definition) is 2. The van der Waals surface area contributed by atoms with Gasteiger partial charge in [0, 0.05) is 24.8 Å². The van der Waals surface area contributed by atoms with Gasteiger partial charge < -0.3 is 20.1 Å². The Morgan fingerprint density at radius 2 is 1.51 bits per heavy atom. The van der Waals surface area contributed by atoms with Gasteiger partial charge in [-0.25, -0.2) is 0 Å². The Bertz CT molecular complexity index is 1150. The molecule has 0 spiro atoms. The van der Waals surface area contributed by atoms with Gasteiger partial charge in [0.2, 0.25) is 11.8 Å². The summed E-state index contributed by atoms with van der Waals surface area (Å²) in [5.41, 5.74) is 3.12. The molecule has 0 bridgehead atoms. The molecule has 198 valence electrons. The van der Waals surface area contributed by atoms with Crippen LogP contribution in [0.15, 0.2) is 48.5 Å². The summed E-state index contributed by atoms with van der Waals surface area (Å²) in [5, 5.41) is 11.9. The predicted molar refractivity (Wildman–Crippen MR) is 146 cm³/mol. The molecule has 0 fully saturated rings. The maximum Gasteiger partial charge on any atom is 0.303 e. The lowest BCUT2D eigenvalue weighted by Crippen LogP contribution is -2.38. The van der Waals surface area contributed by atoms with Crippen molar-refractivity contribution < 1.29 is 24.2 Å². The third kappa shape index (κ3) is 8.57. The molecule has 1 aliphatic rings. The van der Waals surface area contributed by atoms with Crippen molar-refractivity contribution in [2.24, 2.45) is 10.8 Å². The van der Waals surface area contributed by atoms with Crippen LogP contribution >= 0.6 is 0 Å². The topological polar surface area (TPSA) is 95.9 Å². The first kappa shape index (κ1) is 28.1. The summed E-state index contributed by atoms with van der Waals surface area (Å²) in [6, 6.07) is 15.8. The van der Waals surface area contributed by atoms with E-state index in [1.807, 2.05) is 82.3 Å². The van der Waals surface area contributed by atoms with E-state index in [0.29, 0.717) is 26.3 Å². The molecule has 7 nitrogen and oxygen atoms in total. The van der Waals surface area contributed by atoms with Crippen LogP contribution in [0.25, 0.3) is 12.2 Å². The molecule has 0 unspecified atom stereocenters. The molecule has 37 heavy (non-hydrogen) atoms. The zero-order chi connectivity index (χ0) is 27.1. The number of carboxylic acid groups (broad SMARTS) is 1. The number of rotatable bonds is 11. The molecule has 0 saturated heterocycles. The van der Waals surface area contributed by atoms with E-state index in [1.54, 1.807) is 4.90 Å². The van der Waals surface area contributed by atoms with E-state index >= 15 is 0 Å². The third-order valence-electron chi connectivity index (χ3n) is 6.30. The molecule has 0 atom stereocenters. The molecule has 2 N–H and O–H groups in total. The quantitative estimate of drug-likeness (QED) is 0.440. The fourth-order valence-electron chi connectivity index (χ4n) is 4.27. The Hall–Kier alpha value is -3.45. The highest BCUT2D eigenvalue weighted by molar-refractivity contribution is 5.98. The van der Waals surface area contributed by atoms with Crippen molar-refractivity contribution in [3.63, 3.8) is 0 Å². The zero-order valence-corrected chi connectivity index (χ0v) is 22.3. The first-order chi connectivity index (χ1) is 17.5. The fraction of sp³-hybridized carbons (Fsp3) is 0.433. The Morgan fingerprint density at radius 3 is 2.24 bits per heavy atom. The highest BCUT2D eigenvalue weighted by Gasteiger charge is 2.26. The standard InChI is InChI=1S/C30H38N2O5/c1-29(2,17-28(35)36)20-37-21-30(3,4)19-31-26(33)15-16-27(34)32-18-24-11-6-5-9-22(24)13-14-23-10-7-8-12-25(23)32/h5-14H,15-21H2,1-4H3,(H,31,33)(H,35,36)/b14-13-. The molecule has 0 aliphatic carbocycles. The van der Waals surface area contributed by atoms with Gasteiger partial charge in [-0.15, -0.1) is 0 Å². The Morgan fingerprint density at radius 1 is 0.892 bits per heavy atom. The number of para-hydroxylation sites is 1. The van der Waals surface area contributed by atoms with Gasteiger partial charge in [-0.05, 0) is 28.2 Å². The summed E-state index contributed by atoms with van der Waals surface area (Å²) in [6.45, 7) is 9.20. The Balaban J connectivity index is 1.54. The molecular weight excluding hydrogens is 468 g/mol. The minimum absolute atomic E-state index is 0.0293. The second-order valence-electron chi connectivity index (χ2n) is 11.2. The van der Waals surface area contributed by atoms with Gasteiger partial charge in [0.15, 0.2) is 0 Å². The lowest BCUT2D eigenvalue weighted by Gasteiger charge is -2.28.